The number of aryl methyl sites for hydroxylation is 1. The third-order valence-corrected chi connectivity index (χ3v) is 2.84. The predicted molar refractivity (Wildman–Crippen MR) is 70.2 cm³/mol. The number of hydrazine groups is 1. The van der Waals surface area contributed by atoms with Gasteiger partial charge in [0, 0.05) is 11.8 Å². The van der Waals surface area contributed by atoms with Crippen LogP contribution in [-0.4, -0.2) is 15.5 Å². The molecule has 2 aromatic heterocycles. The van der Waals surface area contributed by atoms with Gasteiger partial charge in [0.05, 0.1) is 12.1 Å². The van der Waals surface area contributed by atoms with Gasteiger partial charge < -0.3 is 4.42 Å². The fraction of sp³-hybridized carbons (Fsp3) is 0.250. The van der Waals surface area contributed by atoms with Crippen molar-refractivity contribution in [2.24, 2.45) is 5.84 Å². The topological polar surface area (TPSA) is 123 Å². The van der Waals surface area contributed by atoms with Crippen LogP contribution in [0.5, 0.6) is 0 Å². The number of nitrogens with two attached hydrogens (primary N) is 1. The highest BCUT2D eigenvalue weighted by atomic mass is 16.3. The molecule has 2 rings (SSSR count). The lowest BCUT2D eigenvalue weighted by Gasteiger charge is -2.04. The van der Waals surface area contributed by atoms with Gasteiger partial charge in [0.2, 0.25) is 0 Å². The van der Waals surface area contributed by atoms with Gasteiger partial charge in [-0.25, -0.2) is 10.6 Å². The summed E-state index contributed by atoms with van der Waals surface area (Å²) < 4.78 is 6.49. The molecule has 0 bridgehead atoms. The largest absolute Gasteiger partial charge is 0.467 e. The number of carbonyl (C=O) groups is 1. The zero-order valence-corrected chi connectivity index (χ0v) is 10.8. The number of aromatic nitrogens is 2. The molecule has 0 aromatic carbocycles. The number of nitrogen functional groups attached to an aromatic ring is 1. The number of nitrogens with zero attached hydrogens (tertiary/aromatic N) is 1. The van der Waals surface area contributed by atoms with Gasteiger partial charge in [-0.3, -0.25) is 24.6 Å². The monoisotopic (exact) mass is 278 g/mol. The molecule has 106 valence electrons. The smallest absolute Gasteiger partial charge is 0.328 e. The zero-order valence-electron chi connectivity index (χ0n) is 10.8. The summed E-state index contributed by atoms with van der Waals surface area (Å²) in [6, 6.07) is 1.48. The van der Waals surface area contributed by atoms with Gasteiger partial charge >= 0.3 is 5.69 Å². The molecule has 0 saturated heterocycles. The molecule has 0 unspecified atom stereocenters. The zero-order chi connectivity index (χ0) is 14.7. The minimum absolute atomic E-state index is 0.112. The van der Waals surface area contributed by atoms with E-state index in [1.54, 1.807) is 0 Å². The van der Waals surface area contributed by atoms with Crippen LogP contribution in [0.25, 0.3) is 0 Å². The van der Waals surface area contributed by atoms with Crippen molar-refractivity contribution in [3.05, 3.63) is 56.3 Å². The highest BCUT2D eigenvalue weighted by Gasteiger charge is 2.10. The first kappa shape index (κ1) is 13.8. The van der Waals surface area contributed by atoms with Crippen LogP contribution in [0.1, 0.15) is 28.6 Å². The maximum Gasteiger partial charge on any atom is 0.328 e. The van der Waals surface area contributed by atoms with E-state index in [9.17, 15) is 14.4 Å². The van der Waals surface area contributed by atoms with Crippen LogP contribution in [0, 0.1) is 0 Å². The molecule has 1 amide bonds. The second kappa shape index (κ2) is 5.57. The minimum Gasteiger partial charge on any atom is -0.467 e. The first-order valence-electron chi connectivity index (χ1n) is 5.96. The molecular formula is C12H14N4O4. The predicted octanol–water partition coefficient (Wildman–Crippen LogP) is -0.656. The van der Waals surface area contributed by atoms with Crippen molar-refractivity contribution in [2.75, 3.05) is 0 Å². The van der Waals surface area contributed by atoms with Crippen molar-refractivity contribution in [3.8, 4) is 0 Å². The summed E-state index contributed by atoms with van der Waals surface area (Å²) in [6.07, 6.45) is 3.23. The Bertz CT molecular complexity index is 740. The quantitative estimate of drug-likeness (QED) is 0.389. The summed E-state index contributed by atoms with van der Waals surface area (Å²) in [5.74, 6) is 4.93. The van der Waals surface area contributed by atoms with Crippen molar-refractivity contribution < 1.29 is 9.21 Å². The number of furan rings is 1. The third kappa shape index (κ3) is 2.69. The van der Waals surface area contributed by atoms with Gasteiger partial charge in [-0.15, -0.1) is 0 Å². The Kier molecular flexibility index (Phi) is 3.85. The Labute approximate surface area is 113 Å². The summed E-state index contributed by atoms with van der Waals surface area (Å²) in [5, 5.41) is 0. The van der Waals surface area contributed by atoms with Crippen LogP contribution in [0.3, 0.4) is 0 Å². The molecule has 0 atom stereocenters. The molecule has 0 fully saturated rings. The number of aromatic amines is 1. The molecule has 0 aliphatic heterocycles. The molecule has 8 heteroatoms. The van der Waals surface area contributed by atoms with Gasteiger partial charge in [0.1, 0.15) is 12.0 Å². The lowest BCUT2D eigenvalue weighted by atomic mass is 10.2. The van der Waals surface area contributed by atoms with Crippen LogP contribution < -0.4 is 22.5 Å². The van der Waals surface area contributed by atoms with Crippen molar-refractivity contribution >= 4 is 5.91 Å². The molecule has 2 aromatic rings. The van der Waals surface area contributed by atoms with E-state index in [-0.39, 0.29) is 12.1 Å². The third-order valence-electron chi connectivity index (χ3n) is 2.84. The molecular weight excluding hydrogens is 264 g/mol. The van der Waals surface area contributed by atoms with E-state index >= 15 is 0 Å². The summed E-state index contributed by atoms with van der Waals surface area (Å²) in [5.41, 5.74) is 1.81. The van der Waals surface area contributed by atoms with Crippen molar-refractivity contribution in [3.63, 3.8) is 0 Å². The van der Waals surface area contributed by atoms with Gasteiger partial charge in [-0.05, 0) is 12.5 Å². The lowest BCUT2D eigenvalue weighted by Crippen LogP contribution is -2.31. The summed E-state index contributed by atoms with van der Waals surface area (Å²) >= 11 is 0. The Hall–Kier alpha value is -2.61. The second-order valence-electron chi connectivity index (χ2n) is 4.17. The van der Waals surface area contributed by atoms with E-state index in [2.05, 4.69) is 4.98 Å². The van der Waals surface area contributed by atoms with Crippen LogP contribution in [-0.2, 0) is 13.0 Å². The minimum atomic E-state index is -0.534. The molecule has 0 saturated carbocycles. The molecule has 4 N–H and O–H groups in total. The number of H-pyrrole nitrogens is 1. The Morgan fingerprint density at radius 3 is 2.90 bits per heavy atom. The molecule has 2 heterocycles. The highest BCUT2D eigenvalue weighted by Crippen LogP contribution is 2.08. The number of amides is 1. The Balaban J connectivity index is 2.30. The van der Waals surface area contributed by atoms with Gasteiger partial charge in [0.25, 0.3) is 11.5 Å². The van der Waals surface area contributed by atoms with Crippen LogP contribution >= 0.6 is 0 Å². The Morgan fingerprint density at radius 2 is 2.25 bits per heavy atom. The maximum atomic E-state index is 11.7. The highest BCUT2D eigenvalue weighted by molar-refractivity contribution is 5.93. The van der Waals surface area contributed by atoms with E-state index in [4.69, 9.17) is 10.3 Å². The van der Waals surface area contributed by atoms with Gasteiger partial charge in [-0.2, -0.15) is 0 Å². The first-order valence-corrected chi connectivity index (χ1v) is 5.96. The number of rotatable bonds is 4. The van der Waals surface area contributed by atoms with Gasteiger partial charge in [-0.1, -0.05) is 6.92 Å². The lowest BCUT2D eigenvalue weighted by molar-refractivity contribution is 0.0953. The Morgan fingerprint density at radius 1 is 1.50 bits per heavy atom. The molecule has 8 nitrogen and oxygen atoms in total. The SMILES string of the molecule is CCc1cn(Cc2cc(C(=O)NN)co2)c(=O)[nH]c1=O. The number of nitrogens with one attached hydrogen (secondary N) is 2. The average Bonchev–Trinajstić information content (AvgIpc) is 2.89. The van der Waals surface area contributed by atoms with E-state index in [0.29, 0.717) is 17.7 Å². The number of hydrogen-bond acceptors (Lipinski definition) is 5. The summed E-state index contributed by atoms with van der Waals surface area (Å²) in [4.78, 5) is 36.6. The number of carbonyl (C=O) groups excluding carboxylic acids is 1. The van der Waals surface area contributed by atoms with E-state index < -0.39 is 17.2 Å². The first-order chi connectivity index (χ1) is 9.55. The van der Waals surface area contributed by atoms with Crippen LogP contribution in [0.2, 0.25) is 0 Å². The van der Waals surface area contributed by atoms with Gasteiger partial charge in [0.15, 0.2) is 0 Å². The second-order valence-corrected chi connectivity index (χ2v) is 4.17. The van der Waals surface area contributed by atoms with E-state index in [0.717, 1.165) is 0 Å². The number of hydrogen-bond donors (Lipinski definition) is 3. The normalized spacial score (nSPS) is 10.5. The fourth-order valence-electron chi connectivity index (χ4n) is 1.76. The van der Waals surface area contributed by atoms with Crippen molar-refractivity contribution in [1.82, 2.24) is 15.0 Å². The van der Waals surface area contributed by atoms with E-state index in [1.165, 1.54) is 23.1 Å². The molecule has 0 spiro atoms. The molecule has 0 radical (unpaired) electrons. The molecule has 0 aliphatic carbocycles. The standard InChI is InChI=1S/C12H14N4O4/c1-2-7-4-16(12(19)14-10(7)17)5-9-3-8(6-20-9)11(18)15-13/h3-4,6H,2,5,13H2,1H3,(H,15,18)(H,14,17,19). The maximum absolute atomic E-state index is 11.7. The summed E-state index contributed by atoms with van der Waals surface area (Å²) in [7, 11) is 0. The van der Waals surface area contributed by atoms with Crippen LogP contribution in [0.4, 0.5) is 0 Å². The summed E-state index contributed by atoms with van der Waals surface area (Å²) in [6.45, 7) is 1.93. The van der Waals surface area contributed by atoms with Crippen molar-refractivity contribution in [2.45, 2.75) is 19.9 Å². The van der Waals surface area contributed by atoms with E-state index in [1.807, 2.05) is 12.3 Å². The molecule has 20 heavy (non-hydrogen) atoms. The average molecular weight is 278 g/mol. The van der Waals surface area contributed by atoms with Crippen molar-refractivity contribution in [1.29, 1.82) is 0 Å². The fourth-order valence-corrected chi connectivity index (χ4v) is 1.76. The molecule has 0 aliphatic rings. The van der Waals surface area contributed by atoms with Crippen LogP contribution in [0.15, 0.2) is 32.5 Å².